The van der Waals surface area contributed by atoms with Crippen LogP contribution in [0.5, 0.6) is 0 Å². The van der Waals surface area contributed by atoms with Gasteiger partial charge >= 0.3 is 0 Å². The monoisotopic (exact) mass is 294 g/mol. The molecule has 1 heterocycles. The Hall–Kier alpha value is -1.55. The summed E-state index contributed by atoms with van der Waals surface area (Å²) in [6, 6.07) is 7.33. The first-order valence-electron chi connectivity index (χ1n) is 6.84. The quantitative estimate of drug-likeness (QED) is 0.925. The number of carbonyl (C=O) groups excluding carboxylic acids is 2. The number of piperidine rings is 1. The molecule has 0 saturated carbocycles. The van der Waals surface area contributed by atoms with Gasteiger partial charge in [-0.15, -0.1) is 0 Å². The molecule has 0 radical (unpaired) electrons. The molecule has 1 aliphatic heterocycles. The molecule has 20 heavy (non-hydrogen) atoms. The number of carbonyl (C=O) groups is 2. The van der Waals surface area contributed by atoms with E-state index < -0.39 is 0 Å². The summed E-state index contributed by atoms with van der Waals surface area (Å²) in [5.74, 6) is 0.233. The van der Waals surface area contributed by atoms with Gasteiger partial charge in [-0.05, 0) is 30.5 Å². The van der Waals surface area contributed by atoms with E-state index in [1.54, 1.807) is 19.2 Å². The molecule has 1 N–H and O–H groups in total. The van der Waals surface area contributed by atoms with Crippen LogP contribution in [0.15, 0.2) is 24.3 Å². The van der Waals surface area contributed by atoms with E-state index in [9.17, 15) is 9.59 Å². The minimum atomic E-state index is 0.0413. The van der Waals surface area contributed by atoms with Gasteiger partial charge in [-0.3, -0.25) is 9.59 Å². The molecule has 1 saturated heterocycles. The van der Waals surface area contributed by atoms with E-state index in [2.05, 4.69) is 5.32 Å². The van der Waals surface area contributed by atoms with Crippen LogP contribution in [-0.2, 0) is 16.0 Å². The molecule has 0 atom stereocenters. The minimum Gasteiger partial charge on any atom is -0.359 e. The second kappa shape index (κ2) is 6.75. The maximum atomic E-state index is 12.2. The third-order valence-electron chi connectivity index (χ3n) is 3.73. The highest BCUT2D eigenvalue weighted by molar-refractivity contribution is 6.30. The predicted octanol–water partition coefficient (Wildman–Crippen LogP) is 1.87. The van der Waals surface area contributed by atoms with Gasteiger partial charge in [0.2, 0.25) is 11.8 Å². The molecule has 4 nitrogen and oxygen atoms in total. The smallest absolute Gasteiger partial charge is 0.226 e. The second-order valence-electron chi connectivity index (χ2n) is 5.07. The third kappa shape index (κ3) is 3.73. The molecule has 2 amide bonds. The van der Waals surface area contributed by atoms with Crippen molar-refractivity contribution in [2.75, 3.05) is 20.1 Å². The van der Waals surface area contributed by atoms with Crippen LogP contribution in [0.1, 0.15) is 18.4 Å². The van der Waals surface area contributed by atoms with Crippen molar-refractivity contribution in [3.05, 3.63) is 34.9 Å². The molecule has 0 aliphatic carbocycles. The summed E-state index contributed by atoms with van der Waals surface area (Å²) in [4.78, 5) is 25.6. The van der Waals surface area contributed by atoms with Gasteiger partial charge in [0.1, 0.15) is 0 Å². The Labute approximate surface area is 124 Å². The number of amides is 2. The van der Waals surface area contributed by atoms with Crippen molar-refractivity contribution in [3.63, 3.8) is 0 Å². The number of nitrogens with one attached hydrogen (secondary N) is 1. The maximum Gasteiger partial charge on any atom is 0.226 e. The molecule has 1 fully saturated rings. The van der Waals surface area contributed by atoms with E-state index in [-0.39, 0.29) is 17.7 Å². The highest BCUT2D eigenvalue weighted by Gasteiger charge is 2.26. The fourth-order valence-electron chi connectivity index (χ4n) is 2.48. The SMILES string of the molecule is CNC(=O)C1CCN(C(=O)Cc2ccc(Cl)cc2)CC1. The van der Waals surface area contributed by atoms with Gasteiger partial charge in [-0.1, -0.05) is 23.7 Å². The molecule has 2 rings (SSSR count). The number of hydrogen-bond acceptors (Lipinski definition) is 2. The number of rotatable bonds is 3. The highest BCUT2D eigenvalue weighted by atomic mass is 35.5. The third-order valence-corrected chi connectivity index (χ3v) is 3.99. The molecular weight excluding hydrogens is 276 g/mol. The van der Waals surface area contributed by atoms with Gasteiger partial charge in [0, 0.05) is 31.1 Å². The Bertz CT molecular complexity index is 479. The fraction of sp³-hybridized carbons (Fsp3) is 0.467. The lowest BCUT2D eigenvalue weighted by molar-refractivity contribution is -0.134. The predicted molar refractivity (Wildman–Crippen MR) is 78.5 cm³/mol. The van der Waals surface area contributed by atoms with Crippen molar-refractivity contribution in [1.29, 1.82) is 0 Å². The van der Waals surface area contributed by atoms with Gasteiger partial charge in [0.15, 0.2) is 0 Å². The average Bonchev–Trinajstić information content (AvgIpc) is 2.49. The standard InChI is InChI=1S/C15H19ClN2O2/c1-17-15(20)12-6-8-18(9-7-12)14(19)10-11-2-4-13(16)5-3-11/h2-5,12H,6-10H2,1H3,(H,17,20). The van der Waals surface area contributed by atoms with Crippen LogP contribution in [0.25, 0.3) is 0 Å². The zero-order valence-electron chi connectivity index (χ0n) is 11.6. The zero-order chi connectivity index (χ0) is 14.5. The average molecular weight is 295 g/mol. The Morgan fingerprint density at radius 2 is 1.85 bits per heavy atom. The number of benzene rings is 1. The molecule has 1 aromatic carbocycles. The summed E-state index contributed by atoms with van der Waals surface area (Å²) in [6.45, 7) is 1.31. The second-order valence-corrected chi connectivity index (χ2v) is 5.51. The van der Waals surface area contributed by atoms with Crippen LogP contribution in [-0.4, -0.2) is 36.9 Å². The van der Waals surface area contributed by atoms with Crippen molar-refractivity contribution in [3.8, 4) is 0 Å². The topological polar surface area (TPSA) is 49.4 Å². The van der Waals surface area contributed by atoms with Gasteiger partial charge < -0.3 is 10.2 Å². The normalized spacial score (nSPS) is 16.0. The lowest BCUT2D eigenvalue weighted by Crippen LogP contribution is -2.42. The Balaban J connectivity index is 1.85. The molecule has 0 spiro atoms. The van der Waals surface area contributed by atoms with E-state index in [1.807, 2.05) is 17.0 Å². The first-order valence-corrected chi connectivity index (χ1v) is 7.21. The van der Waals surface area contributed by atoms with Crippen molar-refractivity contribution >= 4 is 23.4 Å². The fourth-order valence-corrected chi connectivity index (χ4v) is 2.61. The van der Waals surface area contributed by atoms with Crippen LogP contribution in [0.4, 0.5) is 0 Å². The molecule has 0 bridgehead atoms. The molecule has 108 valence electrons. The number of halogens is 1. The van der Waals surface area contributed by atoms with E-state index in [0.29, 0.717) is 24.5 Å². The lowest BCUT2D eigenvalue weighted by Gasteiger charge is -2.31. The Morgan fingerprint density at radius 1 is 1.25 bits per heavy atom. The summed E-state index contributed by atoms with van der Waals surface area (Å²) in [5, 5.41) is 3.34. The molecular formula is C15H19ClN2O2. The maximum absolute atomic E-state index is 12.2. The largest absolute Gasteiger partial charge is 0.359 e. The number of hydrogen-bond donors (Lipinski definition) is 1. The summed E-state index contributed by atoms with van der Waals surface area (Å²) >= 11 is 5.82. The number of nitrogens with zero attached hydrogens (tertiary/aromatic N) is 1. The van der Waals surface area contributed by atoms with Crippen LogP contribution < -0.4 is 5.32 Å². The first kappa shape index (κ1) is 14.9. The minimum absolute atomic E-state index is 0.0413. The van der Waals surface area contributed by atoms with Crippen molar-refractivity contribution in [1.82, 2.24) is 10.2 Å². The zero-order valence-corrected chi connectivity index (χ0v) is 12.3. The Kier molecular flexibility index (Phi) is 5.01. The van der Waals surface area contributed by atoms with E-state index in [1.165, 1.54) is 0 Å². The summed E-state index contributed by atoms with van der Waals surface area (Å²) in [5.41, 5.74) is 0.966. The number of likely N-dealkylation sites (tertiary alicyclic amines) is 1. The lowest BCUT2D eigenvalue weighted by atomic mass is 9.95. The highest BCUT2D eigenvalue weighted by Crippen LogP contribution is 2.18. The van der Waals surface area contributed by atoms with Crippen LogP contribution in [0.2, 0.25) is 5.02 Å². The van der Waals surface area contributed by atoms with Crippen molar-refractivity contribution in [2.45, 2.75) is 19.3 Å². The Morgan fingerprint density at radius 3 is 2.40 bits per heavy atom. The van der Waals surface area contributed by atoms with Gasteiger partial charge in [0.05, 0.1) is 6.42 Å². The van der Waals surface area contributed by atoms with Crippen LogP contribution in [0, 0.1) is 5.92 Å². The first-order chi connectivity index (χ1) is 9.60. The van der Waals surface area contributed by atoms with Crippen molar-refractivity contribution < 1.29 is 9.59 Å². The van der Waals surface area contributed by atoms with E-state index >= 15 is 0 Å². The van der Waals surface area contributed by atoms with Crippen LogP contribution >= 0.6 is 11.6 Å². The van der Waals surface area contributed by atoms with Crippen LogP contribution in [0.3, 0.4) is 0 Å². The van der Waals surface area contributed by atoms with Gasteiger partial charge in [-0.25, -0.2) is 0 Å². The molecule has 0 unspecified atom stereocenters. The summed E-state index contributed by atoms with van der Waals surface area (Å²) in [7, 11) is 1.65. The summed E-state index contributed by atoms with van der Waals surface area (Å²) in [6.07, 6.45) is 1.87. The van der Waals surface area contributed by atoms with E-state index in [4.69, 9.17) is 11.6 Å². The van der Waals surface area contributed by atoms with Crippen molar-refractivity contribution in [2.24, 2.45) is 5.92 Å². The molecule has 1 aromatic rings. The van der Waals surface area contributed by atoms with Gasteiger partial charge in [0.25, 0.3) is 0 Å². The molecule has 0 aromatic heterocycles. The molecule has 5 heteroatoms. The van der Waals surface area contributed by atoms with E-state index in [0.717, 1.165) is 18.4 Å². The summed E-state index contributed by atoms with van der Waals surface area (Å²) < 4.78 is 0. The van der Waals surface area contributed by atoms with Gasteiger partial charge in [-0.2, -0.15) is 0 Å². The molecule has 1 aliphatic rings.